The first-order valence-electron chi connectivity index (χ1n) is 5.08. The summed E-state index contributed by atoms with van der Waals surface area (Å²) in [7, 11) is 1.97. The van der Waals surface area contributed by atoms with Crippen LogP contribution in [0.3, 0.4) is 0 Å². The quantitative estimate of drug-likeness (QED) is 0.674. The molecule has 0 spiro atoms. The predicted molar refractivity (Wildman–Crippen MR) is 62.3 cm³/mol. The van der Waals surface area contributed by atoms with Crippen LogP contribution in [0, 0.1) is 0 Å². The van der Waals surface area contributed by atoms with Crippen LogP contribution >= 0.6 is 0 Å². The highest BCUT2D eigenvalue weighted by Gasteiger charge is 2.08. The third-order valence-electron chi connectivity index (χ3n) is 2.70. The second kappa shape index (κ2) is 3.17. The number of hydrogen-bond acceptors (Lipinski definition) is 2. The summed E-state index contributed by atoms with van der Waals surface area (Å²) in [4.78, 5) is 0. The maximum Gasteiger partial charge on any atom is 0.151 e. The highest BCUT2D eigenvalue weighted by molar-refractivity contribution is 5.83. The number of phenols is 1. The van der Waals surface area contributed by atoms with Crippen LogP contribution in [0.15, 0.2) is 47.0 Å². The van der Waals surface area contributed by atoms with Gasteiger partial charge in [-0.25, -0.2) is 0 Å². The molecule has 0 aliphatic carbocycles. The van der Waals surface area contributed by atoms with Crippen LogP contribution in [0.1, 0.15) is 0 Å². The Labute approximate surface area is 92.5 Å². The van der Waals surface area contributed by atoms with Gasteiger partial charge in [0.05, 0.1) is 5.69 Å². The molecule has 0 radical (unpaired) electrons. The van der Waals surface area contributed by atoms with Crippen molar-refractivity contribution in [3.05, 3.63) is 42.6 Å². The molecule has 3 aromatic rings. The van der Waals surface area contributed by atoms with Gasteiger partial charge in [-0.1, -0.05) is 0 Å². The van der Waals surface area contributed by atoms with E-state index < -0.39 is 0 Å². The maximum absolute atomic E-state index is 9.36. The average Bonchev–Trinajstić information content (AvgIpc) is 2.82. The summed E-state index contributed by atoms with van der Waals surface area (Å²) in [5.41, 5.74) is 1.73. The van der Waals surface area contributed by atoms with Gasteiger partial charge in [0.2, 0.25) is 0 Å². The molecule has 0 aliphatic heterocycles. The highest BCUT2D eigenvalue weighted by atomic mass is 16.3. The van der Waals surface area contributed by atoms with Crippen LogP contribution in [0.25, 0.3) is 22.4 Å². The van der Waals surface area contributed by atoms with Crippen molar-refractivity contribution in [2.24, 2.45) is 7.05 Å². The lowest BCUT2D eigenvalue weighted by atomic mass is 10.2. The lowest BCUT2D eigenvalue weighted by molar-refractivity contribution is 0.474. The Balaban J connectivity index is 2.23. The number of aromatic nitrogens is 1. The molecule has 3 rings (SSSR count). The minimum absolute atomic E-state index is 0.222. The van der Waals surface area contributed by atoms with E-state index in [9.17, 15) is 5.11 Å². The number of aromatic hydroxyl groups is 1. The maximum atomic E-state index is 9.36. The Morgan fingerprint density at radius 2 is 2.06 bits per heavy atom. The fraction of sp³-hybridized carbons (Fsp3) is 0.0769. The smallest absolute Gasteiger partial charge is 0.151 e. The normalized spacial score (nSPS) is 11.1. The van der Waals surface area contributed by atoms with E-state index in [1.807, 2.05) is 42.1 Å². The zero-order valence-electron chi connectivity index (χ0n) is 8.84. The molecule has 80 valence electrons. The molecule has 0 fully saturated rings. The Morgan fingerprint density at radius 1 is 1.19 bits per heavy atom. The Morgan fingerprint density at radius 3 is 2.81 bits per heavy atom. The number of phenolic OH excluding ortho intramolecular Hbond substituents is 1. The molecule has 1 aromatic carbocycles. The lowest BCUT2D eigenvalue weighted by Crippen LogP contribution is -1.86. The molecule has 0 bridgehead atoms. The first-order valence-corrected chi connectivity index (χ1v) is 5.08. The van der Waals surface area contributed by atoms with E-state index in [1.54, 1.807) is 12.1 Å². The number of fused-ring (bicyclic) bond motifs is 1. The van der Waals surface area contributed by atoms with Crippen molar-refractivity contribution in [2.75, 3.05) is 0 Å². The number of benzene rings is 1. The minimum Gasteiger partial charge on any atom is -0.508 e. The second-order valence-electron chi connectivity index (χ2n) is 3.84. The van der Waals surface area contributed by atoms with Crippen LogP contribution in [0.5, 0.6) is 5.75 Å². The average molecular weight is 213 g/mol. The van der Waals surface area contributed by atoms with Gasteiger partial charge in [0.1, 0.15) is 11.3 Å². The van der Waals surface area contributed by atoms with Crippen LogP contribution in [-0.2, 0) is 7.05 Å². The van der Waals surface area contributed by atoms with Crippen LogP contribution < -0.4 is 0 Å². The Bertz CT molecular complexity index is 649. The van der Waals surface area contributed by atoms with Gasteiger partial charge in [-0.3, -0.25) is 0 Å². The van der Waals surface area contributed by atoms with Gasteiger partial charge in [0, 0.05) is 24.7 Å². The second-order valence-corrected chi connectivity index (χ2v) is 3.84. The number of nitrogens with zero attached hydrogens (tertiary/aromatic N) is 1. The van der Waals surface area contributed by atoms with Gasteiger partial charge in [-0.05, 0) is 30.3 Å². The molecule has 0 saturated heterocycles. The largest absolute Gasteiger partial charge is 0.508 e. The van der Waals surface area contributed by atoms with Crippen molar-refractivity contribution in [2.45, 2.75) is 0 Å². The van der Waals surface area contributed by atoms with Crippen molar-refractivity contribution in [3.63, 3.8) is 0 Å². The highest BCUT2D eigenvalue weighted by Crippen LogP contribution is 2.29. The molecule has 2 aromatic heterocycles. The van der Waals surface area contributed by atoms with E-state index in [4.69, 9.17) is 4.42 Å². The van der Waals surface area contributed by atoms with E-state index >= 15 is 0 Å². The van der Waals surface area contributed by atoms with Crippen LogP contribution in [0.4, 0.5) is 0 Å². The third-order valence-corrected chi connectivity index (χ3v) is 2.70. The van der Waals surface area contributed by atoms with E-state index in [2.05, 4.69) is 0 Å². The minimum atomic E-state index is 0.222. The van der Waals surface area contributed by atoms with Gasteiger partial charge in [0.25, 0.3) is 0 Å². The Hall–Kier alpha value is -2.16. The number of rotatable bonds is 1. The number of aryl methyl sites for hydroxylation is 1. The molecule has 3 nitrogen and oxygen atoms in total. The van der Waals surface area contributed by atoms with E-state index in [0.29, 0.717) is 5.58 Å². The van der Waals surface area contributed by atoms with E-state index in [1.165, 1.54) is 0 Å². The first-order chi connectivity index (χ1) is 7.74. The molecule has 16 heavy (non-hydrogen) atoms. The van der Waals surface area contributed by atoms with Gasteiger partial charge in [-0.15, -0.1) is 0 Å². The number of furan rings is 1. The molecule has 3 heteroatoms. The first kappa shape index (κ1) is 9.09. The monoisotopic (exact) mass is 213 g/mol. The van der Waals surface area contributed by atoms with Gasteiger partial charge < -0.3 is 14.1 Å². The lowest BCUT2D eigenvalue weighted by Gasteiger charge is -1.97. The zero-order valence-corrected chi connectivity index (χ0v) is 8.84. The molecule has 0 amide bonds. The van der Waals surface area contributed by atoms with E-state index in [-0.39, 0.29) is 5.75 Å². The van der Waals surface area contributed by atoms with Crippen molar-refractivity contribution < 1.29 is 9.52 Å². The molecule has 0 aliphatic rings. The molecule has 0 unspecified atom stereocenters. The van der Waals surface area contributed by atoms with Crippen LogP contribution in [-0.4, -0.2) is 9.67 Å². The van der Waals surface area contributed by atoms with Crippen molar-refractivity contribution >= 4 is 11.0 Å². The van der Waals surface area contributed by atoms with Crippen molar-refractivity contribution in [1.82, 2.24) is 4.57 Å². The SMILES string of the molecule is Cn1cccc1-c1cc2ccc(O)cc2o1. The summed E-state index contributed by atoms with van der Waals surface area (Å²) < 4.78 is 7.69. The van der Waals surface area contributed by atoms with Gasteiger partial charge in [-0.2, -0.15) is 0 Å². The fourth-order valence-electron chi connectivity index (χ4n) is 1.86. The van der Waals surface area contributed by atoms with Crippen molar-refractivity contribution in [3.8, 4) is 17.2 Å². The summed E-state index contributed by atoms with van der Waals surface area (Å²) in [5.74, 6) is 1.04. The third kappa shape index (κ3) is 1.29. The predicted octanol–water partition coefficient (Wildman–Crippen LogP) is 3.14. The summed E-state index contributed by atoms with van der Waals surface area (Å²) in [6.45, 7) is 0. The fourth-order valence-corrected chi connectivity index (χ4v) is 1.86. The molecular weight excluding hydrogens is 202 g/mol. The number of hydrogen-bond donors (Lipinski definition) is 1. The van der Waals surface area contributed by atoms with Gasteiger partial charge >= 0.3 is 0 Å². The molecule has 1 N–H and O–H groups in total. The summed E-state index contributed by atoms with van der Waals surface area (Å²) in [6.07, 6.45) is 1.97. The van der Waals surface area contributed by atoms with Gasteiger partial charge in [0.15, 0.2) is 5.76 Å². The molecular formula is C13H11NO2. The van der Waals surface area contributed by atoms with Crippen LogP contribution in [0.2, 0.25) is 0 Å². The standard InChI is InChI=1S/C13H11NO2/c1-14-6-2-3-11(14)13-7-9-4-5-10(15)8-12(9)16-13/h2-8,15H,1H3. The van der Waals surface area contributed by atoms with Crippen molar-refractivity contribution in [1.29, 1.82) is 0 Å². The topological polar surface area (TPSA) is 38.3 Å². The summed E-state index contributed by atoms with van der Waals surface area (Å²) >= 11 is 0. The van der Waals surface area contributed by atoms with E-state index in [0.717, 1.165) is 16.8 Å². The zero-order chi connectivity index (χ0) is 11.1. The molecule has 0 saturated carbocycles. The molecule has 2 heterocycles. The Kier molecular flexibility index (Phi) is 1.80. The summed E-state index contributed by atoms with van der Waals surface area (Å²) in [5, 5.41) is 10.4. The molecule has 0 atom stereocenters. The summed E-state index contributed by atoms with van der Waals surface area (Å²) in [6, 6.07) is 11.1.